The number of hydrogen-bond donors (Lipinski definition) is 0. The number of rotatable bonds is 3. The van der Waals surface area contributed by atoms with Gasteiger partial charge < -0.3 is 9.64 Å². The quantitative estimate of drug-likeness (QED) is 0.785. The SMILES string of the molecule is CC1CN(C(=O)c2ccc(Br)c(S(=O)(=O)N(C)C)c2)CCO1. The van der Waals surface area contributed by atoms with E-state index in [4.69, 9.17) is 4.74 Å². The second kappa shape index (κ2) is 6.66. The van der Waals surface area contributed by atoms with Crippen molar-refractivity contribution in [3.63, 3.8) is 0 Å². The number of carbonyl (C=O) groups excluding carboxylic acids is 1. The second-order valence-corrected chi connectivity index (χ2v) is 8.34. The maximum atomic E-state index is 12.6. The summed E-state index contributed by atoms with van der Waals surface area (Å²) >= 11 is 3.24. The van der Waals surface area contributed by atoms with E-state index in [0.717, 1.165) is 4.31 Å². The zero-order valence-corrected chi connectivity index (χ0v) is 15.1. The summed E-state index contributed by atoms with van der Waals surface area (Å²) in [7, 11) is -0.698. The Kier molecular flexibility index (Phi) is 5.26. The van der Waals surface area contributed by atoms with E-state index in [-0.39, 0.29) is 16.9 Å². The third kappa shape index (κ3) is 3.51. The zero-order chi connectivity index (χ0) is 16.5. The lowest BCUT2D eigenvalue weighted by atomic mass is 10.2. The Hall–Kier alpha value is -0.960. The molecular weight excluding hydrogens is 372 g/mol. The van der Waals surface area contributed by atoms with Gasteiger partial charge in [-0.25, -0.2) is 12.7 Å². The summed E-state index contributed by atoms with van der Waals surface area (Å²) in [4.78, 5) is 14.3. The maximum absolute atomic E-state index is 12.6. The molecule has 0 spiro atoms. The number of morpholine rings is 1. The lowest BCUT2D eigenvalue weighted by molar-refractivity contribution is -0.0124. The van der Waals surface area contributed by atoms with Gasteiger partial charge in [0.05, 0.1) is 17.6 Å². The molecule has 0 radical (unpaired) electrons. The molecule has 0 aromatic heterocycles. The Morgan fingerprint density at radius 3 is 2.68 bits per heavy atom. The third-order valence-electron chi connectivity index (χ3n) is 3.47. The van der Waals surface area contributed by atoms with E-state index in [2.05, 4.69) is 15.9 Å². The first-order chi connectivity index (χ1) is 10.2. The van der Waals surface area contributed by atoms with E-state index < -0.39 is 10.0 Å². The highest BCUT2D eigenvalue weighted by atomic mass is 79.9. The van der Waals surface area contributed by atoms with E-state index in [9.17, 15) is 13.2 Å². The van der Waals surface area contributed by atoms with Crippen molar-refractivity contribution in [1.29, 1.82) is 0 Å². The molecule has 8 heteroatoms. The molecule has 1 aliphatic heterocycles. The minimum atomic E-state index is -3.61. The number of halogens is 1. The molecule has 1 unspecified atom stereocenters. The largest absolute Gasteiger partial charge is 0.375 e. The highest BCUT2D eigenvalue weighted by Crippen LogP contribution is 2.26. The molecule has 1 atom stereocenters. The van der Waals surface area contributed by atoms with Crippen LogP contribution in [0.4, 0.5) is 0 Å². The van der Waals surface area contributed by atoms with Crippen molar-refractivity contribution in [3.05, 3.63) is 28.2 Å². The van der Waals surface area contributed by atoms with Crippen molar-refractivity contribution in [1.82, 2.24) is 9.21 Å². The summed E-state index contributed by atoms with van der Waals surface area (Å²) in [5.74, 6) is -0.183. The Balaban J connectivity index is 2.35. The molecule has 1 heterocycles. The van der Waals surface area contributed by atoms with Crippen LogP contribution in [-0.4, -0.2) is 63.4 Å². The number of sulfonamides is 1. The van der Waals surface area contributed by atoms with Crippen LogP contribution < -0.4 is 0 Å². The zero-order valence-electron chi connectivity index (χ0n) is 12.7. The maximum Gasteiger partial charge on any atom is 0.254 e. The average Bonchev–Trinajstić information content (AvgIpc) is 2.46. The van der Waals surface area contributed by atoms with Crippen molar-refractivity contribution in [2.45, 2.75) is 17.9 Å². The Morgan fingerprint density at radius 2 is 2.09 bits per heavy atom. The van der Waals surface area contributed by atoms with Gasteiger partial charge >= 0.3 is 0 Å². The summed E-state index contributed by atoms with van der Waals surface area (Å²) in [5, 5.41) is 0. The van der Waals surface area contributed by atoms with E-state index in [1.807, 2.05) is 6.92 Å². The van der Waals surface area contributed by atoms with E-state index >= 15 is 0 Å². The number of benzene rings is 1. The highest BCUT2D eigenvalue weighted by molar-refractivity contribution is 9.10. The molecule has 0 bridgehead atoms. The van der Waals surface area contributed by atoms with E-state index in [0.29, 0.717) is 29.7 Å². The fourth-order valence-electron chi connectivity index (χ4n) is 2.22. The number of nitrogens with zero attached hydrogens (tertiary/aromatic N) is 2. The van der Waals surface area contributed by atoms with Crippen LogP contribution in [0.5, 0.6) is 0 Å². The minimum absolute atomic E-state index is 0.0156. The van der Waals surface area contributed by atoms with E-state index in [1.165, 1.54) is 20.2 Å². The molecule has 0 aliphatic carbocycles. The smallest absolute Gasteiger partial charge is 0.254 e. The molecule has 1 amide bonds. The van der Waals surface area contributed by atoms with Crippen molar-refractivity contribution in [2.75, 3.05) is 33.8 Å². The van der Waals surface area contributed by atoms with Crippen LogP contribution in [-0.2, 0) is 14.8 Å². The number of amides is 1. The molecule has 0 saturated carbocycles. The molecule has 1 fully saturated rings. The first-order valence-corrected chi connectivity index (χ1v) is 9.09. The highest BCUT2D eigenvalue weighted by Gasteiger charge is 2.26. The first kappa shape index (κ1) is 17.4. The number of hydrogen-bond acceptors (Lipinski definition) is 4. The monoisotopic (exact) mass is 390 g/mol. The molecule has 122 valence electrons. The predicted molar refractivity (Wildman–Crippen MR) is 86.3 cm³/mol. The van der Waals surface area contributed by atoms with Gasteiger partial charge in [0, 0.05) is 37.2 Å². The molecular formula is C14H19BrN2O4S. The van der Waals surface area contributed by atoms with Gasteiger partial charge in [0.1, 0.15) is 0 Å². The van der Waals surface area contributed by atoms with Crippen LogP contribution in [0.25, 0.3) is 0 Å². The summed E-state index contributed by atoms with van der Waals surface area (Å²) in [6.07, 6.45) is -0.0156. The number of carbonyl (C=O) groups is 1. The lowest BCUT2D eigenvalue weighted by Gasteiger charge is -2.31. The molecule has 0 N–H and O–H groups in total. The lowest BCUT2D eigenvalue weighted by Crippen LogP contribution is -2.44. The molecule has 1 aliphatic rings. The topological polar surface area (TPSA) is 66.9 Å². The van der Waals surface area contributed by atoms with Gasteiger partial charge in [-0.15, -0.1) is 0 Å². The van der Waals surface area contributed by atoms with Crippen molar-refractivity contribution in [3.8, 4) is 0 Å². The Labute approximate surface area is 139 Å². The molecule has 1 aromatic rings. The summed E-state index contributed by atoms with van der Waals surface area (Å²) < 4.78 is 31.6. The van der Waals surface area contributed by atoms with Gasteiger partial charge in [-0.3, -0.25) is 4.79 Å². The molecule has 2 rings (SSSR count). The van der Waals surface area contributed by atoms with Gasteiger partial charge in [0.25, 0.3) is 5.91 Å². The summed E-state index contributed by atoms with van der Waals surface area (Å²) in [6, 6.07) is 4.64. The summed E-state index contributed by atoms with van der Waals surface area (Å²) in [5.41, 5.74) is 0.359. The second-order valence-electron chi connectivity index (χ2n) is 5.37. The van der Waals surface area contributed by atoms with Gasteiger partial charge in [-0.1, -0.05) is 0 Å². The van der Waals surface area contributed by atoms with Crippen molar-refractivity contribution >= 4 is 31.9 Å². The fraction of sp³-hybridized carbons (Fsp3) is 0.500. The van der Waals surface area contributed by atoms with E-state index in [1.54, 1.807) is 17.0 Å². The summed E-state index contributed by atoms with van der Waals surface area (Å²) in [6.45, 7) is 3.41. The van der Waals surface area contributed by atoms with Crippen molar-refractivity contribution in [2.24, 2.45) is 0 Å². The predicted octanol–water partition coefficient (Wildman–Crippen LogP) is 1.56. The Morgan fingerprint density at radius 1 is 1.41 bits per heavy atom. The molecule has 6 nitrogen and oxygen atoms in total. The normalized spacial score (nSPS) is 19.5. The first-order valence-electron chi connectivity index (χ1n) is 6.86. The van der Waals surface area contributed by atoms with Crippen LogP contribution in [0, 0.1) is 0 Å². The van der Waals surface area contributed by atoms with Crippen LogP contribution in [0.2, 0.25) is 0 Å². The molecule has 1 saturated heterocycles. The van der Waals surface area contributed by atoms with Crippen LogP contribution in [0.3, 0.4) is 0 Å². The molecule has 22 heavy (non-hydrogen) atoms. The van der Waals surface area contributed by atoms with Crippen LogP contribution in [0.1, 0.15) is 17.3 Å². The standard InChI is InChI=1S/C14H19BrN2O4S/c1-10-9-17(6-7-21-10)14(18)11-4-5-12(15)13(8-11)22(19,20)16(2)3/h4-5,8,10H,6-7,9H2,1-3H3. The van der Waals surface area contributed by atoms with Gasteiger partial charge in [0.15, 0.2) is 0 Å². The van der Waals surface area contributed by atoms with Crippen LogP contribution in [0.15, 0.2) is 27.6 Å². The van der Waals surface area contributed by atoms with Crippen LogP contribution >= 0.6 is 15.9 Å². The van der Waals surface area contributed by atoms with Crippen molar-refractivity contribution < 1.29 is 17.9 Å². The average molecular weight is 391 g/mol. The van der Waals surface area contributed by atoms with Gasteiger partial charge in [-0.05, 0) is 41.1 Å². The van der Waals surface area contributed by atoms with Gasteiger partial charge in [0.2, 0.25) is 10.0 Å². The minimum Gasteiger partial charge on any atom is -0.375 e. The fourth-order valence-corrected chi connectivity index (χ4v) is 4.06. The Bertz CT molecular complexity index is 675. The third-order valence-corrected chi connectivity index (χ3v) is 6.27. The number of ether oxygens (including phenoxy) is 1. The van der Waals surface area contributed by atoms with Gasteiger partial charge in [-0.2, -0.15) is 0 Å². The molecule has 1 aromatic carbocycles.